The maximum absolute atomic E-state index is 12.8. The lowest BCUT2D eigenvalue weighted by molar-refractivity contribution is 0.0798. The Morgan fingerprint density at radius 2 is 1.27 bits per heavy atom. The van der Waals surface area contributed by atoms with Crippen LogP contribution in [0.2, 0.25) is 0 Å². The average Bonchev–Trinajstić information content (AvgIpc) is 2.69. The maximum atomic E-state index is 12.8. The van der Waals surface area contributed by atoms with Crippen LogP contribution < -0.4 is 21.3 Å². The number of amides is 4. The zero-order chi connectivity index (χ0) is 23.2. The van der Waals surface area contributed by atoms with Crippen LogP contribution in [0, 0.1) is 10.7 Å². The molecule has 0 aliphatic heterocycles. The number of hydrogen-bond acceptors (Lipinski definition) is 7. The molecular weight excluding hydrogens is 741 g/mol. The highest BCUT2D eigenvalue weighted by atomic mass is 127. The molecule has 168 valence electrons. The number of benzene rings is 1. The molecule has 0 saturated heterocycles. The van der Waals surface area contributed by atoms with Gasteiger partial charge in [-0.2, -0.15) is 0 Å². The molecule has 0 aromatic heterocycles. The van der Waals surface area contributed by atoms with E-state index in [1.54, 1.807) is 0 Å². The van der Waals surface area contributed by atoms with Crippen molar-refractivity contribution in [2.45, 2.75) is 12.2 Å². The number of urea groups is 1. The number of nitrogens with one attached hydrogen (secondary N) is 2. The second-order valence-corrected chi connectivity index (χ2v) is 9.27. The van der Waals surface area contributed by atoms with Gasteiger partial charge in [0.25, 0.3) is 11.8 Å². The smallest absolute Gasteiger partial charge is 0.319 e. The Labute approximate surface area is 213 Å². The third kappa shape index (κ3) is 6.73. The Balaban J connectivity index is 3.56. The second kappa shape index (κ2) is 12.5. The molecule has 0 radical (unpaired) electrons. The van der Waals surface area contributed by atoms with Crippen LogP contribution in [-0.4, -0.2) is 83.8 Å². The number of aliphatic hydroxyl groups is 4. The summed E-state index contributed by atoms with van der Waals surface area (Å²) >= 11 is 5.55. The van der Waals surface area contributed by atoms with Crippen LogP contribution >= 0.6 is 67.8 Å². The van der Waals surface area contributed by atoms with Gasteiger partial charge >= 0.3 is 6.03 Å². The molecule has 0 fully saturated rings. The summed E-state index contributed by atoms with van der Waals surface area (Å²) in [5.41, 5.74) is 5.79. The molecule has 1 aromatic carbocycles. The highest BCUT2D eigenvalue weighted by Gasteiger charge is 2.30. The van der Waals surface area contributed by atoms with Gasteiger partial charge in [0.1, 0.15) is 0 Å². The SMILES string of the molecule is CN(C(N)=O)c1c(I)c(C(=O)NCC(O)CO)c(I)c(C(=O)NCC(O)CO)c1I. The van der Waals surface area contributed by atoms with E-state index < -0.39 is 43.3 Å². The van der Waals surface area contributed by atoms with E-state index in [1.165, 1.54) is 7.05 Å². The monoisotopic (exact) mass is 762 g/mol. The summed E-state index contributed by atoms with van der Waals surface area (Å²) in [4.78, 5) is 38.5. The Hall–Kier alpha value is -0.540. The van der Waals surface area contributed by atoms with Gasteiger partial charge in [0.2, 0.25) is 0 Å². The molecule has 0 heterocycles. The highest BCUT2D eigenvalue weighted by molar-refractivity contribution is 14.1. The molecule has 1 aromatic rings. The van der Waals surface area contributed by atoms with E-state index in [0.717, 1.165) is 4.90 Å². The van der Waals surface area contributed by atoms with Crippen molar-refractivity contribution >= 4 is 91.3 Å². The van der Waals surface area contributed by atoms with E-state index in [-0.39, 0.29) is 33.5 Å². The summed E-state index contributed by atoms with van der Waals surface area (Å²) < 4.78 is 0.978. The first-order valence-electron chi connectivity index (χ1n) is 8.35. The van der Waals surface area contributed by atoms with Gasteiger partial charge < -0.3 is 36.8 Å². The Morgan fingerprint density at radius 3 is 1.57 bits per heavy atom. The van der Waals surface area contributed by atoms with Crippen molar-refractivity contribution in [2.75, 3.05) is 38.3 Å². The summed E-state index contributed by atoms with van der Waals surface area (Å²) in [6.07, 6.45) is -2.33. The topological polar surface area (TPSA) is 185 Å². The molecule has 0 aliphatic carbocycles. The van der Waals surface area contributed by atoms with E-state index in [4.69, 9.17) is 15.9 Å². The number of nitrogens with two attached hydrogens (primary N) is 1. The number of halogens is 3. The zero-order valence-electron chi connectivity index (χ0n) is 15.7. The molecule has 0 spiro atoms. The third-order valence-electron chi connectivity index (χ3n) is 3.83. The quantitative estimate of drug-likeness (QED) is 0.160. The minimum Gasteiger partial charge on any atom is -0.394 e. The van der Waals surface area contributed by atoms with Crippen molar-refractivity contribution in [3.8, 4) is 0 Å². The second-order valence-electron chi connectivity index (χ2n) is 6.03. The molecular formula is C16H21I3N4O7. The third-order valence-corrected chi connectivity index (χ3v) is 7.01. The van der Waals surface area contributed by atoms with Crippen molar-refractivity contribution in [3.05, 3.63) is 21.8 Å². The minimum atomic E-state index is -1.16. The maximum Gasteiger partial charge on any atom is 0.319 e. The standard InChI is InChI=1S/C16H21I3N4O7/c1-23(16(20)30)13-11(18)8(14(28)21-2-6(26)4-24)10(17)9(12(13)19)15(29)22-3-7(27)5-25/h6-7,24-27H,2-5H2,1H3,(H2,20,30)(H,21,28)(H,22,29). The predicted octanol–water partition coefficient (Wildman–Crippen LogP) is -0.819. The van der Waals surface area contributed by atoms with E-state index in [2.05, 4.69) is 10.6 Å². The van der Waals surface area contributed by atoms with Crippen molar-refractivity contribution in [1.29, 1.82) is 0 Å². The highest BCUT2D eigenvalue weighted by Crippen LogP contribution is 2.37. The number of carbonyl (C=O) groups excluding carboxylic acids is 3. The van der Waals surface area contributed by atoms with Crippen LogP contribution in [0.15, 0.2) is 0 Å². The van der Waals surface area contributed by atoms with Gasteiger partial charge in [0.15, 0.2) is 0 Å². The molecule has 11 nitrogen and oxygen atoms in total. The summed E-state index contributed by atoms with van der Waals surface area (Å²) in [6, 6.07) is -0.809. The Kier molecular flexibility index (Phi) is 11.4. The van der Waals surface area contributed by atoms with Crippen molar-refractivity contribution in [2.24, 2.45) is 5.73 Å². The zero-order valence-corrected chi connectivity index (χ0v) is 22.1. The fourth-order valence-corrected chi connectivity index (χ4v) is 7.05. The van der Waals surface area contributed by atoms with Gasteiger partial charge in [0, 0.05) is 23.7 Å². The first-order chi connectivity index (χ1) is 14.0. The van der Waals surface area contributed by atoms with Crippen LogP contribution in [-0.2, 0) is 0 Å². The number of rotatable bonds is 9. The summed E-state index contributed by atoms with van der Waals surface area (Å²) in [7, 11) is 1.39. The fraction of sp³-hybridized carbons (Fsp3) is 0.438. The van der Waals surface area contributed by atoms with Gasteiger partial charge in [-0.05, 0) is 67.8 Å². The average molecular weight is 762 g/mol. The number of hydrogen-bond donors (Lipinski definition) is 7. The molecule has 0 aliphatic rings. The number of nitrogens with zero attached hydrogens (tertiary/aromatic N) is 1. The molecule has 30 heavy (non-hydrogen) atoms. The van der Waals surface area contributed by atoms with E-state index in [9.17, 15) is 24.6 Å². The molecule has 2 unspecified atom stereocenters. The van der Waals surface area contributed by atoms with E-state index >= 15 is 0 Å². The number of anilines is 1. The lowest BCUT2D eigenvalue weighted by atomic mass is 10.1. The largest absolute Gasteiger partial charge is 0.394 e. The number of aliphatic hydroxyl groups excluding tert-OH is 4. The number of carbonyl (C=O) groups is 3. The molecule has 0 bridgehead atoms. The van der Waals surface area contributed by atoms with Crippen molar-refractivity contribution in [3.63, 3.8) is 0 Å². The lowest BCUT2D eigenvalue weighted by Gasteiger charge is -2.24. The van der Waals surface area contributed by atoms with Gasteiger partial charge in [-0.3, -0.25) is 14.5 Å². The predicted molar refractivity (Wildman–Crippen MR) is 133 cm³/mol. The molecule has 2 atom stereocenters. The molecule has 8 N–H and O–H groups in total. The van der Waals surface area contributed by atoms with Crippen LogP contribution in [0.3, 0.4) is 0 Å². The van der Waals surface area contributed by atoms with Crippen molar-refractivity contribution in [1.82, 2.24) is 10.6 Å². The summed E-state index contributed by atoms with van der Waals surface area (Å²) in [5, 5.41) is 41.8. The lowest BCUT2D eigenvalue weighted by Crippen LogP contribution is -2.38. The minimum absolute atomic E-state index is 0.0812. The number of primary amides is 1. The van der Waals surface area contributed by atoms with Crippen molar-refractivity contribution < 1.29 is 34.8 Å². The van der Waals surface area contributed by atoms with Gasteiger partial charge in [0.05, 0.1) is 49.4 Å². The van der Waals surface area contributed by atoms with Crippen LogP contribution in [0.4, 0.5) is 10.5 Å². The molecule has 4 amide bonds. The van der Waals surface area contributed by atoms with Gasteiger partial charge in [-0.1, -0.05) is 0 Å². The Bertz CT molecular complexity index is 772. The van der Waals surface area contributed by atoms with Crippen LogP contribution in [0.1, 0.15) is 20.7 Å². The van der Waals surface area contributed by atoms with Crippen LogP contribution in [0.5, 0.6) is 0 Å². The van der Waals surface area contributed by atoms with Gasteiger partial charge in [-0.15, -0.1) is 0 Å². The van der Waals surface area contributed by atoms with E-state index in [0.29, 0.717) is 7.14 Å². The Morgan fingerprint density at radius 1 is 0.900 bits per heavy atom. The normalized spacial score (nSPS) is 12.8. The van der Waals surface area contributed by atoms with Crippen LogP contribution in [0.25, 0.3) is 0 Å². The summed E-state index contributed by atoms with van der Waals surface area (Å²) in [6.45, 7) is -1.54. The van der Waals surface area contributed by atoms with E-state index in [1.807, 2.05) is 67.8 Å². The fourth-order valence-electron chi connectivity index (χ4n) is 2.18. The molecule has 14 heteroatoms. The first kappa shape index (κ1) is 27.5. The van der Waals surface area contributed by atoms with Gasteiger partial charge in [-0.25, -0.2) is 4.79 Å². The summed E-state index contributed by atoms with van der Waals surface area (Å²) in [5.74, 6) is -1.26. The first-order valence-corrected chi connectivity index (χ1v) is 11.6. The molecule has 1 rings (SSSR count). The molecule has 0 saturated carbocycles.